The Balaban J connectivity index is 1.66. The van der Waals surface area contributed by atoms with Crippen LogP contribution in [0.3, 0.4) is 0 Å². The highest BCUT2D eigenvalue weighted by Gasteiger charge is 2.47. The second-order valence-corrected chi connectivity index (χ2v) is 8.18. The quantitative estimate of drug-likeness (QED) is 0.763. The van der Waals surface area contributed by atoms with Crippen LogP contribution in [0.2, 0.25) is 0 Å². The Morgan fingerprint density at radius 3 is 2.92 bits per heavy atom. The normalized spacial score (nSPS) is 24.7. The highest BCUT2D eigenvalue weighted by Crippen LogP contribution is 2.43. The molecule has 0 saturated carbocycles. The van der Waals surface area contributed by atoms with E-state index in [4.69, 9.17) is 9.72 Å². The summed E-state index contributed by atoms with van der Waals surface area (Å²) < 4.78 is 7.92. The SMILES string of the molecule is Cc1ccc2c(c1)OC(C)(C)C1Nc3nc4c(c(=O)n3NC21)CCCC4. The van der Waals surface area contributed by atoms with Crippen LogP contribution in [0.5, 0.6) is 5.75 Å². The Morgan fingerprint density at radius 2 is 2.08 bits per heavy atom. The third-order valence-electron chi connectivity index (χ3n) is 5.86. The molecular weight excluding hydrogens is 328 g/mol. The molecule has 0 bridgehead atoms. The summed E-state index contributed by atoms with van der Waals surface area (Å²) in [5.41, 5.74) is 7.10. The summed E-state index contributed by atoms with van der Waals surface area (Å²) in [6, 6.07) is 6.17. The molecule has 5 rings (SSSR count). The van der Waals surface area contributed by atoms with Crippen molar-refractivity contribution in [3.05, 3.63) is 50.9 Å². The molecule has 2 atom stereocenters. The smallest absolute Gasteiger partial charge is 0.277 e. The van der Waals surface area contributed by atoms with Gasteiger partial charge in [-0.15, -0.1) is 0 Å². The van der Waals surface area contributed by atoms with Crippen LogP contribution in [0.1, 0.15) is 55.1 Å². The Bertz CT molecular complexity index is 963. The first kappa shape index (κ1) is 15.7. The van der Waals surface area contributed by atoms with E-state index in [2.05, 4.69) is 49.7 Å². The number of hydrogen-bond acceptors (Lipinski definition) is 5. The van der Waals surface area contributed by atoms with Gasteiger partial charge < -0.3 is 15.5 Å². The molecule has 1 aliphatic carbocycles. The van der Waals surface area contributed by atoms with Crippen LogP contribution < -0.4 is 21.0 Å². The lowest BCUT2D eigenvalue weighted by Crippen LogP contribution is -2.60. The predicted molar refractivity (Wildman–Crippen MR) is 101 cm³/mol. The van der Waals surface area contributed by atoms with Gasteiger partial charge in [0, 0.05) is 11.1 Å². The van der Waals surface area contributed by atoms with Crippen LogP contribution in [0.4, 0.5) is 5.95 Å². The number of nitrogens with one attached hydrogen (secondary N) is 2. The molecule has 0 fully saturated rings. The van der Waals surface area contributed by atoms with E-state index in [9.17, 15) is 4.79 Å². The Kier molecular flexibility index (Phi) is 3.18. The number of aryl methyl sites for hydroxylation is 2. The zero-order chi connectivity index (χ0) is 18.1. The van der Waals surface area contributed by atoms with Crippen molar-refractivity contribution in [3.8, 4) is 5.75 Å². The Labute approximate surface area is 152 Å². The second-order valence-electron chi connectivity index (χ2n) is 8.18. The van der Waals surface area contributed by atoms with Gasteiger partial charge in [-0.1, -0.05) is 12.1 Å². The number of aromatic nitrogens is 2. The van der Waals surface area contributed by atoms with Gasteiger partial charge in [0.1, 0.15) is 11.4 Å². The summed E-state index contributed by atoms with van der Waals surface area (Å²) in [7, 11) is 0. The van der Waals surface area contributed by atoms with Crippen molar-refractivity contribution >= 4 is 5.95 Å². The van der Waals surface area contributed by atoms with Crippen molar-refractivity contribution in [2.24, 2.45) is 0 Å². The predicted octanol–water partition coefficient (Wildman–Crippen LogP) is 2.68. The van der Waals surface area contributed by atoms with Crippen molar-refractivity contribution in [2.45, 2.75) is 64.1 Å². The molecule has 0 spiro atoms. The minimum absolute atomic E-state index is 0.0220. The van der Waals surface area contributed by atoms with Gasteiger partial charge in [0.25, 0.3) is 5.56 Å². The number of fused-ring (bicyclic) bond motifs is 5. The lowest BCUT2D eigenvalue weighted by Gasteiger charge is -2.48. The average Bonchev–Trinajstić information content (AvgIpc) is 2.60. The lowest BCUT2D eigenvalue weighted by molar-refractivity contribution is 0.0567. The van der Waals surface area contributed by atoms with Crippen molar-refractivity contribution < 1.29 is 4.74 Å². The maximum atomic E-state index is 13.0. The average molecular weight is 352 g/mol. The van der Waals surface area contributed by atoms with E-state index in [1.54, 1.807) is 4.68 Å². The molecule has 6 nitrogen and oxygen atoms in total. The standard InChI is InChI=1S/C20H24N4O2/c1-11-8-9-13-15(10-11)26-20(2,3)17-16(13)23-24-18(25)12-6-4-5-7-14(12)21-19(24)22-17/h8-10,16-17,23H,4-7H2,1-3H3,(H,21,22). The third kappa shape index (κ3) is 2.17. The third-order valence-corrected chi connectivity index (χ3v) is 5.86. The monoisotopic (exact) mass is 352 g/mol. The van der Waals surface area contributed by atoms with Gasteiger partial charge in [0.15, 0.2) is 0 Å². The second kappa shape index (κ2) is 5.25. The summed E-state index contributed by atoms with van der Waals surface area (Å²) in [5, 5.41) is 3.50. The highest BCUT2D eigenvalue weighted by atomic mass is 16.5. The molecule has 3 heterocycles. The van der Waals surface area contributed by atoms with Crippen LogP contribution in [-0.2, 0) is 12.8 Å². The summed E-state index contributed by atoms with van der Waals surface area (Å²) in [5.74, 6) is 1.48. The number of benzene rings is 1. The molecular formula is C20H24N4O2. The van der Waals surface area contributed by atoms with E-state index in [0.29, 0.717) is 5.95 Å². The highest BCUT2D eigenvalue weighted by molar-refractivity contribution is 5.50. The van der Waals surface area contributed by atoms with Gasteiger partial charge in [-0.05, 0) is 58.1 Å². The number of rotatable bonds is 0. The first-order valence-corrected chi connectivity index (χ1v) is 9.41. The summed E-state index contributed by atoms with van der Waals surface area (Å²) in [6.45, 7) is 6.22. The van der Waals surface area contributed by atoms with E-state index < -0.39 is 5.60 Å². The van der Waals surface area contributed by atoms with Gasteiger partial charge in [-0.25, -0.2) is 4.98 Å². The topological polar surface area (TPSA) is 68.2 Å². The van der Waals surface area contributed by atoms with Gasteiger partial charge in [0.2, 0.25) is 5.95 Å². The Hall–Kier alpha value is -2.50. The van der Waals surface area contributed by atoms with E-state index in [1.807, 2.05) is 0 Å². The number of nitrogens with zero attached hydrogens (tertiary/aromatic N) is 2. The molecule has 0 saturated heterocycles. The fraction of sp³-hybridized carbons (Fsp3) is 0.500. The van der Waals surface area contributed by atoms with Gasteiger partial charge >= 0.3 is 0 Å². The first-order valence-electron chi connectivity index (χ1n) is 9.41. The van der Waals surface area contributed by atoms with Crippen molar-refractivity contribution in [1.29, 1.82) is 0 Å². The number of anilines is 1. The zero-order valence-corrected chi connectivity index (χ0v) is 15.4. The summed E-state index contributed by atoms with van der Waals surface area (Å²) >= 11 is 0. The largest absolute Gasteiger partial charge is 0.485 e. The van der Waals surface area contributed by atoms with Gasteiger partial charge in [-0.2, -0.15) is 4.68 Å². The molecule has 0 radical (unpaired) electrons. The number of hydrogen-bond donors (Lipinski definition) is 2. The van der Waals surface area contributed by atoms with Crippen LogP contribution in [0, 0.1) is 6.92 Å². The minimum Gasteiger partial charge on any atom is -0.485 e. The molecule has 6 heteroatoms. The molecule has 1 aromatic carbocycles. The fourth-order valence-corrected chi connectivity index (χ4v) is 4.46. The number of ether oxygens (including phenoxy) is 1. The van der Waals surface area contributed by atoms with Crippen molar-refractivity contribution in [1.82, 2.24) is 9.66 Å². The van der Waals surface area contributed by atoms with E-state index in [1.165, 1.54) is 0 Å². The molecule has 0 amide bonds. The fourth-order valence-electron chi connectivity index (χ4n) is 4.46. The molecule has 3 aliphatic rings. The van der Waals surface area contributed by atoms with E-state index in [0.717, 1.165) is 53.8 Å². The van der Waals surface area contributed by atoms with Crippen LogP contribution in [-0.4, -0.2) is 21.3 Å². The minimum atomic E-state index is -0.433. The van der Waals surface area contributed by atoms with Crippen molar-refractivity contribution in [3.63, 3.8) is 0 Å². The molecule has 2 aromatic rings. The Morgan fingerprint density at radius 1 is 1.27 bits per heavy atom. The zero-order valence-electron chi connectivity index (χ0n) is 15.4. The van der Waals surface area contributed by atoms with Gasteiger partial charge in [0.05, 0.1) is 17.8 Å². The summed E-state index contributed by atoms with van der Waals surface area (Å²) in [6.07, 6.45) is 3.87. The van der Waals surface area contributed by atoms with E-state index >= 15 is 0 Å². The maximum Gasteiger partial charge on any atom is 0.277 e. The van der Waals surface area contributed by atoms with Crippen LogP contribution in [0.15, 0.2) is 23.0 Å². The molecule has 1 aromatic heterocycles. The molecule has 2 aliphatic heterocycles. The molecule has 2 N–H and O–H groups in total. The van der Waals surface area contributed by atoms with Crippen LogP contribution >= 0.6 is 0 Å². The first-order chi connectivity index (χ1) is 12.4. The molecule has 26 heavy (non-hydrogen) atoms. The maximum absolute atomic E-state index is 13.0. The van der Waals surface area contributed by atoms with Crippen molar-refractivity contribution in [2.75, 3.05) is 10.7 Å². The van der Waals surface area contributed by atoms with E-state index in [-0.39, 0.29) is 17.6 Å². The van der Waals surface area contributed by atoms with Crippen LogP contribution in [0.25, 0.3) is 0 Å². The molecule has 2 unspecified atom stereocenters. The summed E-state index contributed by atoms with van der Waals surface area (Å²) in [4.78, 5) is 17.8. The molecule has 136 valence electrons. The lowest BCUT2D eigenvalue weighted by atomic mass is 9.83. The van der Waals surface area contributed by atoms with Gasteiger partial charge in [-0.3, -0.25) is 4.79 Å².